The predicted molar refractivity (Wildman–Crippen MR) is 77.8 cm³/mol. The molecule has 0 bridgehead atoms. The Morgan fingerprint density at radius 3 is 1.74 bits per heavy atom. The molecule has 0 radical (unpaired) electrons. The number of fused-ring (bicyclic) bond motifs is 2. The van der Waals surface area contributed by atoms with Gasteiger partial charge >= 0.3 is 0 Å². The lowest BCUT2D eigenvalue weighted by atomic mass is 9.88. The fraction of sp³-hybridized carbons (Fsp3) is 0.188. The van der Waals surface area contributed by atoms with Gasteiger partial charge in [-0.3, -0.25) is 4.79 Å². The van der Waals surface area contributed by atoms with Crippen LogP contribution in [0.2, 0.25) is 0 Å². The van der Waals surface area contributed by atoms with Crippen molar-refractivity contribution in [1.29, 1.82) is 0 Å². The minimum atomic E-state index is -1.27. The normalized spacial score (nSPS) is 16.1. The van der Waals surface area contributed by atoms with E-state index in [-0.39, 0.29) is 0 Å². The quantitative estimate of drug-likeness (QED) is 0.572. The summed E-state index contributed by atoms with van der Waals surface area (Å²) in [6, 6.07) is 15.5. The van der Waals surface area contributed by atoms with Gasteiger partial charge in [-0.15, -0.1) is 0 Å². The Morgan fingerprint density at radius 2 is 1.32 bits per heavy atom. The maximum atomic E-state index is 12.0. The third kappa shape index (κ3) is 1.89. The molecule has 0 spiro atoms. The van der Waals surface area contributed by atoms with Crippen molar-refractivity contribution in [3.8, 4) is 0 Å². The molecule has 3 heteroatoms. The van der Waals surface area contributed by atoms with E-state index >= 15 is 0 Å². The molecule has 1 aliphatic carbocycles. The van der Waals surface area contributed by atoms with Crippen LogP contribution in [0.3, 0.4) is 0 Å². The number of rotatable bonds is 1. The second kappa shape index (κ2) is 4.66. The number of hydrogen-bond donors (Lipinski definition) is 0. The summed E-state index contributed by atoms with van der Waals surface area (Å²) < 4.78 is 0. The Balaban J connectivity index is 2.35. The van der Waals surface area contributed by atoms with Gasteiger partial charge in [-0.2, -0.15) is 0 Å². The van der Waals surface area contributed by atoms with Crippen LogP contribution >= 0.6 is 23.2 Å². The SMILES string of the molecule is O=C(Cl)C1(Cl)c2ccccc2CCc2ccccc21. The molecular formula is C16H12Cl2O. The zero-order valence-corrected chi connectivity index (χ0v) is 11.7. The van der Waals surface area contributed by atoms with Crippen LogP contribution in [-0.4, -0.2) is 5.24 Å². The van der Waals surface area contributed by atoms with E-state index in [1.165, 1.54) is 0 Å². The highest BCUT2D eigenvalue weighted by Crippen LogP contribution is 2.44. The van der Waals surface area contributed by atoms with E-state index in [1.807, 2.05) is 48.5 Å². The van der Waals surface area contributed by atoms with E-state index in [0.717, 1.165) is 35.1 Å². The molecule has 2 aromatic rings. The largest absolute Gasteiger partial charge is 0.278 e. The van der Waals surface area contributed by atoms with E-state index in [4.69, 9.17) is 23.2 Å². The monoisotopic (exact) mass is 290 g/mol. The minimum Gasteiger partial charge on any atom is -0.278 e. The third-order valence-electron chi connectivity index (χ3n) is 3.71. The van der Waals surface area contributed by atoms with Crippen molar-refractivity contribution in [2.75, 3.05) is 0 Å². The Hall–Kier alpha value is -1.31. The van der Waals surface area contributed by atoms with Gasteiger partial charge in [0.2, 0.25) is 0 Å². The molecule has 3 rings (SSSR count). The van der Waals surface area contributed by atoms with E-state index in [1.54, 1.807) is 0 Å². The number of benzene rings is 2. The van der Waals surface area contributed by atoms with Crippen molar-refractivity contribution in [3.63, 3.8) is 0 Å². The first-order chi connectivity index (χ1) is 9.14. The molecule has 96 valence electrons. The Kier molecular flexibility index (Phi) is 3.12. The molecule has 0 N–H and O–H groups in total. The zero-order chi connectivity index (χ0) is 13.5. The maximum absolute atomic E-state index is 12.0. The lowest BCUT2D eigenvalue weighted by Gasteiger charge is -2.25. The number of aryl methyl sites for hydroxylation is 2. The van der Waals surface area contributed by atoms with E-state index in [9.17, 15) is 4.79 Å². The van der Waals surface area contributed by atoms with Gasteiger partial charge in [0, 0.05) is 0 Å². The zero-order valence-electron chi connectivity index (χ0n) is 10.2. The van der Waals surface area contributed by atoms with Gasteiger partial charge in [-0.05, 0) is 46.7 Å². The fourth-order valence-corrected chi connectivity index (χ4v) is 3.35. The fourth-order valence-electron chi connectivity index (χ4n) is 2.77. The van der Waals surface area contributed by atoms with Crippen LogP contribution in [0.25, 0.3) is 0 Å². The number of hydrogen-bond acceptors (Lipinski definition) is 1. The molecule has 0 saturated carbocycles. The summed E-state index contributed by atoms with van der Waals surface area (Å²) in [7, 11) is 0. The van der Waals surface area contributed by atoms with Crippen LogP contribution in [0.1, 0.15) is 22.3 Å². The molecular weight excluding hydrogens is 279 g/mol. The molecule has 0 aromatic heterocycles. The van der Waals surface area contributed by atoms with Gasteiger partial charge in [0.25, 0.3) is 5.24 Å². The van der Waals surface area contributed by atoms with Gasteiger partial charge in [0.1, 0.15) is 0 Å². The molecule has 2 aromatic carbocycles. The first-order valence-corrected chi connectivity index (χ1v) is 6.95. The standard InChI is InChI=1S/C16H12Cl2O/c17-15(19)16(18)13-7-3-1-5-11(13)9-10-12-6-2-4-8-14(12)16/h1-8H,9-10H2. The van der Waals surface area contributed by atoms with E-state index < -0.39 is 10.1 Å². The van der Waals surface area contributed by atoms with Crippen molar-refractivity contribution >= 4 is 28.4 Å². The Morgan fingerprint density at radius 1 is 0.895 bits per heavy atom. The van der Waals surface area contributed by atoms with Crippen molar-refractivity contribution in [2.24, 2.45) is 0 Å². The molecule has 0 unspecified atom stereocenters. The van der Waals surface area contributed by atoms with Gasteiger partial charge in [0.05, 0.1) is 0 Å². The predicted octanol–water partition coefficient (Wildman–Crippen LogP) is 4.03. The van der Waals surface area contributed by atoms with E-state index in [0.29, 0.717) is 0 Å². The highest BCUT2D eigenvalue weighted by molar-refractivity contribution is 6.71. The average Bonchev–Trinajstić information content (AvgIpc) is 2.56. The van der Waals surface area contributed by atoms with Crippen molar-refractivity contribution < 1.29 is 4.79 Å². The second-order valence-corrected chi connectivity index (χ2v) is 5.66. The highest BCUT2D eigenvalue weighted by Gasteiger charge is 2.43. The van der Waals surface area contributed by atoms with Crippen LogP contribution in [0, 0.1) is 0 Å². The van der Waals surface area contributed by atoms with Crippen molar-refractivity contribution in [2.45, 2.75) is 17.7 Å². The highest BCUT2D eigenvalue weighted by atomic mass is 35.5. The topological polar surface area (TPSA) is 17.1 Å². The van der Waals surface area contributed by atoms with Gasteiger partial charge in [-0.1, -0.05) is 60.1 Å². The third-order valence-corrected chi connectivity index (χ3v) is 4.67. The molecule has 1 aliphatic rings. The van der Waals surface area contributed by atoms with Crippen LogP contribution in [0.15, 0.2) is 48.5 Å². The number of alkyl halides is 1. The molecule has 0 heterocycles. The average molecular weight is 291 g/mol. The summed E-state index contributed by atoms with van der Waals surface area (Å²) in [5, 5.41) is -0.545. The molecule has 0 atom stereocenters. The second-order valence-electron chi connectivity index (χ2n) is 4.75. The maximum Gasteiger partial charge on any atom is 0.251 e. The lowest BCUT2D eigenvalue weighted by molar-refractivity contribution is -0.113. The number of halogens is 2. The number of carbonyl (C=O) groups is 1. The minimum absolute atomic E-state index is 0.545. The lowest BCUT2D eigenvalue weighted by Crippen LogP contribution is -2.29. The van der Waals surface area contributed by atoms with Crippen LogP contribution < -0.4 is 0 Å². The van der Waals surface area contributed by atoms with Crippen molar-refractivity contribution in [3.05, 3.63) is 70.8 Å². The smallest absolute Gasteiger partial charge is 0.251 e. The van der Waals surface area contributed by atoms with E-state index in [2.05, 4.69) is 0 Å². The summed E-state index contributed by atoms with van der Waals surface area (Å²) in [4.78, 5) is 10.8. The Bertz CT molecular complexity index is 601. The van der Waals surface area contributed by atoms with Crippen LogP contribution in [0.4, 0.5) is 0 Å². The molecule has 0 aliphatic heterocycles. The number of carbonyl (C=O) groups excluding carboxylic acids is 1. The van der Waals surface area contributed by atoms with Crippen LogP contribution in [-0.2, 0) is 22.5 Å². The van der Waals surface area contributed by atoms with Crippen molar-refractivity contribution in [1.82, 2.24) is 0 Å². The summed E-state index contributed by atoms with van der Waals surface area (Å²) in [5.74, 6) is 0. The summed E-state index contributed by atoms with van der Waals surface area (Å²) in [6.07, 6.45) is 1.73. The molecule has 1 nitrogen and oxygen atoms in total. The molecule has 0 fully saturated rings. The van der Waals surface area contributed by atoms with Gasteiger partial charge in [0.15, 0.2) is 4.87 Å². The molecule has 0 amide bonds. The molecule has 19 heavy (non-hydrogen) atoms. The summed E-state index contributed by atoms with van der Waals surface area (Å²) in [5.41, 5.74) is 3.79. The summed E-state index contributed by atoms with van der Waals surface area (Å²) >= 11 is 12.5. The molecule has 0 saturated heterocycles. The van der Waals surface area contributed by atoms with Gasteiger partial charge < -0.3 is 0 Å². The first kappa shape index (κ1) is 12.7. The Labute approximate surface area is 122 Å². The van der Waals surface area contributed by atoms with Gasteiger partial charge in [-0.25, -0.2) is 0 Å². The first-order valence-electron chi connectivity index (χ1n) is 6.19. The van der Waals surface area contributed by atoms with Crippen LogP contribution in [0.5, 0.6) is 0 Å². The summed E-state index contributed by atoms with van der Waals surface area (Å²) in [6.45, 7) is 0.